The fourth-order valence-electron chi connectivity index (χ4n) is 2.36. The van der Waals surface area contributed by atoms with E-state index in [0.29, 0.717) is 10.6 Å². The lowest BCUT2D eigenvalue weighted by atomic mass is 9.87. The molecule has 0 aliphatic heterocycles. The molecule has 2 unspecified atom stereocenters. The average molecular weight is 312 g/mol. The summed E-state index contributed by atoms with van der Waals surface area (Å²) in [6, 6.07) is 1.69. The van der Waals surface area contributed by atoms with Gasteiger partial charge < -0.3 is 10.2 Å². The summed E-state index contributed by atoms with van der Waals surface area (Å²) in [7, 11) is 0. The number of pyridine rings is 1. The third-order valence-electron chi connectivity index (χ3n) is 3.47. The SMILES string of the molecule is CC/C=C(/C)CC(C)c1cc(Cl)cnc1C(C)(O)C(=O)O. The van der Waals surface area contributed by atoms with Crippen LogP contribution in [0.3, 0.4) is 0 Å². The molecule has 0 aliphatic carbocycles. The summed E-state index contributed by atoms with van der Waals surface area (Å²) in [6.45, 7) is 7.31. The fourth-order valence-corrected chi connectivity index (χ4v) is 2.53. The number of allylic oxidation sites excluding steroid dienone is 2. The molecular weight excluding hydrogens is 290 g/mol. The van der Waals surface area contributed by atoms with Crippen molar-refractivity contribution in [1.82, 2.24) is 4.98 Å². The highest BCUT2D eigenvalue weighted by atomic mass is 35.5. The Bertz CT molecular complexity index is 552. The molecule has 0 spiro atoms. The highest BCUT2D eigenvalue weighted by Crippen LogP contribution is 2.33. The van der Waals surface area contributed by atoms with Crippen LogP contribution in [0.5, 0.6) is 0 Å². The molecule has 0 saturated heterocycles. The highest BCUT2D eigenvalue weighted by Gasteiger charge is 2.37. The van der Waals surface area contributed by atoms with Crippen molar-refractivity contribution in [1.29, 1.82) is 0 Å². The number of carboxylic acids is 1. The van der Waals surface area contributed by atoms with Crippen LogP contribution >= 0.6 is 11.6 Å². The van der Waals surface area contributed by atoms with Gasteiger partial charge in [0.1, 0.15) is 0 Å². The first-order valence-corrected chi connectivity index (χ1v) is 7.35. The van der Waals surface area contributed by atoms with Crippen molar-refractivity contribution in [2.24, 2.45) is 0 Å². The van der Waals surface area contributed by atoms with Crippen LogP contribution in [0, 0.1) is 0 Å². The lowest BCUT2D eigenvalue weighted by molar-refractivity contribution is -0.158. The van der Waals surface area contributed by atoms with Gasteiger partial charge in [-0.05, 0) is 44.2 Å². The Morgan fingerprint density at radius 3 is 2.71 bits per heavy atom. The monoisotopic (exact) mass is 311 g/mol. The minimum absolute atomic E-state index is 0.0137. The molecule has 0 aliphatic rings. The van der Waals surface area contributed by atoms with E-state index in [-0.39, 0.29) is 11.6 Å². The predicted molar refractivity (Wildman–Crippen MR) is 83.5 cm³/mol. The Labute approximate surface area is 130 Å². The quantitative estimate of drug-likeness (QED) is 0.782. The molecule has 1 rings (SSSR count). The maximum atomic E-state index is 11.3. The number of rotatable bonds is 6. The van der Waals surface area contributed by atoms with E-state index >= 15 is 0 Å². The standard InChI is InChI=1S/C16H22ClNO3/c1-5-6-10(2)7-11(3)13-8-12(17)9-18-14(13)16(4,21)15(19)20/h6,8-9,11,21H,5,7H2,1-4H3,(H,19,20)/b10-6-. The number of halogens is 1. The molecule has 0 aromatic carbocycles. The van der Waals surface area contributed by atoms with Gasteiger partial charge in [0, 0.05) is 6.20 Å². The minimum atomic E-state index is -2.03. The number of hydrogen-bond donors (Lipinski definition) is 2. The van der Waals surface area contributed by atoms with Crippen molar-refractivity contribution in [3.05, 3.63) is 40.2 Å². The zero-order chi connectivity index (χ0) is 16.2. The van der Waals surface area contributed by atoms with Crippen molar-refractivity contribution in [2.45, 2.75) is 52.1 Å². The number of aromatic nitrogens is 1. The summed E-state index contributed by atoms with van der Waals surface area (Å²) in [5, 5.41) is 19.8. The average Bonchev–Trinajstić information content (AvgIpc) is 2.38. The van der Waals surface area contributed by atoms with Gasteiger partial charge in [-0.15, -0.1) is 0 Å². The molecule has 1 aromatic heterocycles. The first-order chi connectivity index (χ1) is 9.70. The van der Waals surface area contributed by atoms with Crippen LogP contribution in [0.1, 0.15) is 57.7 Å². The maximum Gasteiger partial charge on any atom is 0.341 e. The summed E-state index contributed by atoms with van der Waals surface area (Å²) in [5.74, 6) is -1.31. The summed E-state index contributed by atoms with van der Waals surface area (Å²) in [4.78, 5) is 15.3. The minimum Gasteiger partial charge on any atom is -0.479 e. The number of aliphatic hydroxyl groups is 1. The van der Waals surface area contributed by atoms with Crippen LogP contribution in [0.25, 0.3) is 0 Å². The van der Waals surface area contributed by atoms with Crippen LogP contribution in [-0.2, 0) is 10.4 Å². The predicted octanol–water partition coefficient (Wildman–Crippen LogP) is 3.88. The lowest BCUT2D eigenvalue weighted by Gasteiger charge is -2.24. The first-order valence-electron chi connectivity index (χ1n) is 6.97. The van der Waals surface area contributed by atoms with Gasteiger partial charge in [0.05, 0.1) is 10.7 Å². The molecule has 0 amide bonds. The van der Waals surface area contributed by atoms with Crippen molar-refractivity contribution in [3.63, 3.8) is 0 Å². The van der Waals surface area contributed by atoms with Gasteiger partial charge in [0.2, 0.25) is 5.60 Å². The summed E-state index contributed by atoms with van der Waals surface area (Å²) >= 11 is 5.98. The molecule has 116 valence electrons. The zero-order valence-corrected chi connectivity index (χ0v) is 13.6. The first kappa shape index (κ1) is 17.7. The summed E-state index contributed by atoms with van der Waals surface area (Å²) < 4.78 is 0. The Morgan fingerprint density at radius 2 is 2.19 bits per heavy atom. The van der Waals surface area contributed by atoms with Crippen molar-refractivity contribution < 1.29 is 15.0 Å². The van der Waals surface area contributed by atoms with Crippen molar-refractivity contribution in [2.75, 3.05) is 0 Å². The summed E-state index contributed by atoms with van der Waals surface area (Å²) in [6.07, 6.45) is 5.20. The molecule has 21 heavy (non-hydrogen) atoms. The second kappa shape index (κ2) is 7.05. The number of hydrogen-bond acceptors (Lipinski definition) is 3. The third kappa shape index (κ3) is 4.29. The molecule has 0 radical (unpaired) electrons. The van der Waals surface area contributed by atoms with E-state index in [1.54, 1.807) is 6.07 Å². The van der Waals surface area contributed by atoms with E-state index in [4.69, 9.17) is 11.6 Å². The largest absolute Gasteiger partial charge is 0.479 e. The van der Waals surface area contributed by atoms with Gasteiger partial charge in [-0.1, -0.05) is 37.1 Å². The molecular formula is C16H22ClNO3. The Kier molecular flexibility index (Phi) is 5.93. The molecule has 2 N–H and O–H groups in total. The third-order valence-corrected chi connectivity index (χ3v) is 3.68. The fraction of sp³-hybridized carbons (Fsp3) is 0.500. The van der Waals surface area contributed by atoms with Crippen LogP contribution in [0.2, 0.25) is 5.02 Å². The van der Waals surface area contributed by atoms with Crippen molar-refractivity contribution >= 4 is 17.6 Å². The molecule has 2 atom stereocenters. The van der Waals surface area contributed by atoms with E-state index in [2.05, 4.69) is 18.0 Å². The number of aliphatic carboxylic acids is 1. The van der Waals surface area contributed by atoms with E-state index in [1.165, 1.54) is 18.7 Å². The van der Waals surface area contributed by atoms with E-state index in [9.17, 15) is 15.0 Å². The van der Waals surface area contributed by atoms with E-state index in [1.807, 2.05) is 13.8 Å². The number of nitrogens with zero attached hydrogens (tertiary/aromatic N) is 1. The Morgan fingerprint density at radius 1 is 1.57 bits per heavy atom. The molecule has 5 heteroatoms. The second-order valence-electron chi connectivity index (χ2n) is 5.53. The van der Waals surface area contributed by atoms with Gasteiger partial charge in [-0.25, -0.2) is 4.79 Å². The Hall–Kier alpha value is -1.39. The normalized spacial score (nSPS) is 16.4. The number of carbonyl (C=O) groups is 1. The van der Waals surface area contributed by atoms with Gasteiger partial charge in [-0.2, -0.15) is 0 Å². The second-order valence-corrected chi connectivity index (χ2v) is 5.97. The van der Waals surface area contributed by atoms with Crippen molar-refractivity contribution in [3.8, 4) is 0 Å². The van der Waals surface area contributed by atoms with Gasteiger partial charge in [0.15, 0.2) is 0 Å². The molecule has 0 fully saturated rings. The van der Waals surface area contributed by atoms with Gasteiger partial charge in [-0.3, -0.25) is 4.98 Å². The maximum absolute atomic E-state index is 11.3. The van der Waals surface area contributed by atoms with E-state index in [0.717, 1.165) is 12.8 Å². The van der Waals surface area contributed by atoms with Gasteiger partial charge in [0.25, 0.3) is 0 Å². The van der Waals surface area contributed by atoms with Gasteiger partial charge >= 0.3 is 5.97 Å². The lowest BCUT2D eigenvalue weighted by Crippen LogP contribution is -2.34. The van der Waals surface area contributed by atoms with E-state index < -0.39 is 11.6 Å². The molecule has 1 aromatic rings. The van der Waals surface area contributed by atoms with Crippen LogP contribution in [0.15, 0.2) is 23.9 Å². The molecule has 4 nitrogen and oxygen atoms in total. The molecule has 0 saturated carbocycles. The number of carboxylic acid groups (broad SMARTS) is 1. The zero-order valence-electron chi connectivity index (χ0n) is 12.9. The topological polar surface area (TPSA) is 70.4 Å². The van der Waals surface area contributed by atoms with Crippen LogP contribution in [-0.4, -0.2) is 21.2 Å². The molecule has 1 heterocycles. The smallest absolute Gasteiger partial charge is 0.341 e. The van der Waals surface area contributed by atoms with Crippen LogP contribution < -0.4 is 0 Å². The summed E-state index contributed by atoms with van der Waals surface area (Å²) in [5.41, 5.74) is -0.00263. The molecule has 0 bridgehead atoms. The Balaban J connectivity index is 3.25. The highest BCUT2D eigenvalue weighted by molar-refractivity contribution is 6.30. The van der Waals surface area contributed by atoms with Crippen LogP contribution in [0.4, 0.5) is 0 Å².